The molecule has 5 heteroatoms. The Hall–Kier alpha value is -0.940. The molecule has 0 radical (unpaired) electrons. The van der Waals surface area contributed by atoms with Gasteiger partial charge in [-0.25, -0.2) is 4.39 Å². The molecule has 3 nitrogen and oxygen atoms in total. The molecule has 1 atom stereocenters. The Balaban J connectivity index is 2.81. The molecule has 0 spiro atoms. The van der Waals surface area contributed by atoms with E-state index in [1.807, 2.05) is 0 Å². The molecular weight excluding hydrogens is 277 g/mol. The molecule has 1 aromatic carbocycles. The molecule has 1 rings (SSSR count). The first-order valence-corrected chi connectivity index (χ1v) is 5.70. The molecule has 0 aliphatic carbocycles. The maximum Gasteiger partial charge on any atom is 0.306 e. The second-order valence-electron chi connectivity index (χ2n) is 3.55. The molecule has 0 fully saturated rings. The smallest absolute Gasteiger partial charge is 0.306 e. The van der Waals surface area contributed by atoms with Gasteiger partial charge in [0.1, 0.15) is 5.82 Å². The Labute approximate surface area is 102 Å². The van der Waals surface area contributed by atoms with Crippen LogP contribution in [0.4, 0.5) is 4.39 Å². The predicted molar refractivity (Wildman–Crippen MR) is 62.6 cm³/mol. The lowest BCUT2D eigenvalue weighted by Gasteiger charge is -2.12. The number of rotatable bonds is 5. The average molecular weight is 290 g/mol. The largest absolute Gasteiger partial charge is 0.481 e. The summed E-state index contributed by atoms with van der Waals surface area (Å²) in [5.74, 6) is -1.74. The van der Waals surface area contributed by atoms with Crippen LogP contribution in [0, 0.1) is 11.7 Å². The molecule has 1 unspecified atom stereocenters. The number of benzene rings is 1. The summed E-state index contributed by atoms with van der Waals surface area (Å²) in [6, 6.07) is 4.24. The van der Waals surface area contributed by atoms with Gasteiger partial charge in [-0.3, -0.25) is 4.79 Å². The van der Waals surface area contributed by atoms with Gasteiger partial charge in [0.15, 0.2) is 0 Å². The van der Waals surface area contributed by atoms with Crippen LogP contribution in [0.2, 0.25) is 0 Å². The molecule has 3 N–H and O–H groups in total. The minimum atomic E-state index is -0.873. The Morgan fingerprint density at radius 2 is 2.25 bits per heavy atom. The van der Waals surface area contributed by atoms with Gasteiger partial charge in [0.2, 0.25) is 0 Å². The molecule has 0 saturated heterocycles. The van der Waals surface area contributed by atoms with E-state index in [1.54, 1.807) is 6.07 Å². The number of nitrogens with two attached hydrogens (primary N) is 1. The van der Waals surface area contributed by atoms with Crippen molar-refractivity contribution in [3.63, 3.8) is 0 Å². The number of carboxylic acid groups (broad SMARTS) is 1. The Morgan fingerprint density at radius 3 is 2.75 bits per heavy atom. The first-order chi connectivity index (χ1) is 7.54. The zero-order valence-electron chi connectivity index (χ0n) is 8.62. The highest BCUT2D eigenvalue weighted by Crippen LogP contribution is 2.22. The summed E-state index contributed by atoms with van der Waals surface area (Å²) in [6.07, 6.45) is 0.770. The van der Waals surface area contributed by atoms with E-state index in [-0.39, 0.29) is 5.82 Å². The van der Waals surface area contributed by atoms with Gasteiger partial charge in [0, 0.05) is 4.47 Å². The van der Waals surface area contributed by atoms with Crippen molar-refractivity contribution < 1.29 is 14.3 Å². The first kappa shape index (κ1) is 13.1. The van der Waals surface area contributed by atoms with Crippen LogP contribution < -0.4 is 5.73 Å². The van der Waals surface area contributed by atoms with Crippen LogP contribution in [0.3, 0.4) is 0 Å². The predicted octanol–water partition coefficient (Wildman–Crippen LogP) is 2.18. The van der Waals surface area contributed by atoms with Gasteiger partial charge in [0.05, 0.1) is 5.92 Å². The van der Waals surface area contributed by atoms with Crippen LogP contribution in [0.1, 0.15) is 12.0 Å². The van der Waals surface area contributed by atoms with E-state index in [1.165, 1.54) is 12.1 Å². The lowest BCUT2D eigenvalue weighted by molar-refractivity contribution is -0.141. The van der Waals surface area contributed by atoms with E-state index in [2.05, 4.69) is 15.9 Å². The number of hydrogen-bond donors (Lipinski definition) is 2. The zero-order valence-corrected chi connectivity index (χ0v) is 10.2. The lowest BCUT2D eigenvalue weighted by atomic mass is 9.96. The lowest BCUT2D eigenvalue weighted by Crippen LogP contribution is -2.20. The number of carbonyl (C=O) groups is 1. The van der Waals surface area contributed by atoms with Crippen molar-refractivity contribution in [1.29, 1.82) is 0 Å². The molecule has 0 saturated carbocycles. The molecular formula is C11H13BrFNO2. The molecule has 0 aromatic heterocycles. The SMILES string of the molecule is NCCC(Cc1ccc(F)cc1Br)C(=O)O. The van der Waals surface area contributed by atoms with Crippen molar-refractivity contribution in [3.05, 3.63) is 34.1 Å². The topological polar surface area (TPSA) is 63.3 Å². The molecule has 0 amide bonds. The summed E-state index contributed by atoms with van der Waals surface area (Å²) in [5.41, 5.74) is 6.13. The second kappa shape index (κ2) is 5.96. The molecule has 0 aliphatic heterocycles. The van der Waals surface area contributed by atoms with Gasteiger partial charge in [-0.05, 0) is 37.1 Å². The monoisotopic (exact) mass is 289 g/mol. The first-order valence-electron chi connectivity index (χ1n) is 4.91. The summed E-state index contributed by atoms with van der Waals surface area (Å²) in [4.78, 5) is 10.9. The number of halogens is 2. The normalized spacial score (nSPS) is 12.4. The molecule has 0 aliphatic rings. The molecule has 16 heavy (non-hydrogen) atoms. The third-order valence-corrected chi connectivity index (χ3v) is 3.08. The molecule has 0 bridgehead atoms. The second-order valence-corrected chi connectivity index (χ2v) is 4.41. The highest BCUT2D eigenvalue weighted by Gasteiger charge is 2.18. The van der Waals surface area contributed by atoms with E-state index in [9.17, 15) is 9.18 Å². The highest BCUT2D eigenvalue weighted by atomic mass is 79.9. The third-order valence-electron chi connectivity index (χ3n) is 2.35. The van der Waals surface area contributed by atoms with E-state index in [0.29, 0.717) is 23.9 Å². The van der Waals surface area contributed by atoms with Crippen LogP contribution in [-0.2, 0) is 11.2 Å². The van der Waals surface area contributed by atoms with Crippen LogP contribution in [0.25, 0.3) is 0 Å². The van der Waals surface area contributed by atoms with E-state index in [0.717, 1.165) is 5.56 Å². The number of carboxylic acids is 1. The van der Waals surface area contributed by atoms with Gasteiger partial charge < -0.3 is 10.8 Å². The number of aliphatic carboxylic acids is 1. The van der Waals surface area contributed by atoms with Crippen LogP contribution in [-0.4, -0.2) is 17.6 Å². The average Bonchev–Trinajstić information content (AvgIpc) is 2.20. The van der Waals surface area contributed by atoms with Gasteiger partial charge in [-0.1, -0.05) is 22.0 Å². The molecule has 88 valence electrons. The van der Waals surface area contributed by atoms with Crippen molar-refractivity contribution in [2.75, 3.05) is 6.54 Å². The Kier molecular flexibility index (Phi) is 4.89. The van der Waals surface area contributed by atoms with Crippen molar-refractivity contribution in [2.45, 2.75) is 12.8 Å². The van der Waals surface area contributed by atoms with Gasteiger partial charge in [-0.15, -0.1) is 0 Å². The minimum absolute atomic E-state index is 0.329. The van der Waals surface area contributed by atoms with Crippen LogP contribution in [0.5, 0.6) is 0 Å². The minimum Gasteiger partial charge on any atom is -0.481 e. The van der Waals surface area contributed by atoms with Crippen LogP contribution >= 0.6 is 15.9 Å². The summed E-state index contributed by atoms with van der Waals surface area (Å²) in [5, 5.41) is 8.97. The summed E-state index contributed by atoms with van der Waals surface area (Å²) in [7, 11) is 0. The van der Waals surface area contributed by atoms with E-state index >= 15 is 0 Å². The maximum absolute atomic E-state index is 12.8. The fraction of sp³-hybridized carbons (Fsp3) is 0.364. The van der Waals surface area contributed by atoms with Crippen molar-refractivity contribution >= 4 is 21.9 Å². The van der Waals surface area contributed by atoms with Gasteiger partial charge in [0.25, 0.3) is 0 Å². The fourth-order valence-corrected chi connectivity index (χ4v) is 1.98. The fourth-order valence-electron chi connectivity index (χ4n) is 1.47. The van der Waals surface area contributed by atoms with E-state index in [4.69, 9.17) is 10.8 Å². The van der Waals surface area contributed by atoms with Crippen LogP contribution in [0.15, 0.2) is 22.7 Å². The van der Waals surface area contributed by atoms with Gasteiger partial charge >= 0.3 is 5.97 Å². The summed E-state index contributed by atoms with van der Waals surface area (Å²) < 4.78 is 13.4. The molecule has 0 heterocycles. The quantitative estimate of drug-likeness (QED) is 0.873. The van der Waals surface area contributed by atoms with Gasteiger partial charge in [-0.2, -0.15) is 0 Å². The Bertz CT molecular complexity index is 384. The standard InChI is InChI=1S/C11H13BrFNO2/c12-10-6-9(13)2-1-7(10)5-8(3-4-14)11(15)16/h1-2,6,8H,3-5,14H2,(H,15,16). The summed E-state index contributed by atoms with van der Waals surface area (Å²) in [6.45, 7) is 0.329. The van der Waals surface area contributed by atoms with Crippen molar-refractivity contribution in [2.24, 2.45) is 11.7 Å². The Morgan fingerprint density at radius 1 is 1.56 bits per heavy atom. The zero-order chi connectivity index (χ0) is 12.1. The van der Waals surface area contributed by atoms with Crippen molar-refractivity contribution in [3.8, 4) is 0 Å². The third kappa shape index (κ3) is 3.57. The van der Waals surface area contributed by atoms with E-state index < -0.39 is 11.9 Å². The van der Waals surface area contributed by atoms with Crippen molar-refractivity contribution in [1.82, 2.24) is 0 Å². The maximum atomic E-state index is 12.8. The highest BCUT2D eigenvalue weighted by molar-refractivity contribution is 9.10. The summed E-state index contributed by atoms with van der Waals surface area (Å²) >= 11 is 3.21. The molecule has 1 aromatic rings. The number of hydrogen-bond acceptors (Lipinski definition) is 2.